The molecule has 0 bridgehead atoms. The van der Waals surface area contributed by atoms with Gasteiger partial charge in [0.1, 0.15) is 19.3 Å². The Morgan fingerprint density at radius 1 is 0.326 bits per heavy atom. The van der Waals surface area contributed by atoms with Gasteiger partial charge in [0.25, 0.3) is 0 Å². The van der Waals surface area contributed by atoms with Crippen molar-refractivity contribution >= 4 is 39.5 Å². The molecule has 89 heavy (non-hydrogen) atoms. The summed E-state index contributed by atoms with van der Waals surface area (Å²) in [6, 6.07) is 0. The number of phosphoric acid groups is 2. The highest BCUT2D eigenvalue weighted by Gasteiger charge is 2.30. The van der Waals surface area contributed by atoms with Gasteiger partial charge in [0, 0.05) is 25.7 Å². The van der Waals surface area contributed by atoms with E-state index < -0.39 is 97.5 Å². The van der Waals surface area contributed by atoms with Crippen LogP contribution in [0.5, 0.6) is 0 Å². The molecule has 0 fully saturated rings. The number of hydrogen-bond donors (Lipinski definition) is 3. The van der Waals surface area contributed by atoms with E-state index >= 15 is 0 Å². The quantitative estimate of drug-likeness (QED) is 0.0222. The van der Waals surface area contributed by atoms with Crippen LogP contribution in [-0.2, 0) is 65.4 Å². The first-order valence-corrected chi connectivity index (χ1v) is 39.4. The van der Waals surface area contributed by atoms with E-state index in [1.54, 1.807) is 0 Å². The summed E-state index contributed by atoms with van der Waals surface area (Å²) in [5, 5.41) is 10.6. The summed E-state index contributed by atoms with van der Waals surface area (Å²) in [7, 11) is -9.90. The van der Waals surface area contributed by atoms with Crippen molar-refractivity contribution in [1.82, 2.24) is 0 Å². The van der Waals surface area contributed by atoms with Crippen molar-refractivity contribution in [3.63, 3.8) is 0 Å². The Bertz CT molecular complexity index is 1750. The fourth-order valence-corrected chi connectivity index (χ4v) is 12.1. The van der Waals surface area contributed by atoms with Gasteiger partial charge in [0.2, 0.25) is 0 Å². The van der Waals surface area contributed by atoms with Gasteiger partial charge in [-0.3, -0.25) is 37.3 Å². The van der Waals surface area contributed by atoms with E-state index in [1.165, 1.54) is 154 Å². The van der Waals surface area contributed by atoms with Gasteiger partial charge in [0.15, 0.2) is 12.2 Å². The summed E-state index contributed by atoms with van der Waals surface area (Å²) in [6.07, 6.45) is 44.6. The Labute approximate surface area is 543 Å². The topological polar surface area (TPSA) is 237 Å². The Balaban J connectivity index is 5.20. The summed E-state index contributed by atoms with van der Waals surface area (Å²) < 4.78 is 68.2. The van der Waals surface area contributed by atoms with E-state index in [2.05, 4.69) is 48.5 Å². The Hall–Kier alpha value is -1.94. The molecule has 0 rings (SSSR count). The van der Waals surface area contributed by atoms with Crippen molar-refractivity contribution in [1.29, 1.82) is 0 Å². The van der Waals surface area contributed by atoms with Crippen LogP contribution in [0.2, 0.25) is 0 Å². The van der Waals surface area contributed by atoms with Crippen LogP contribution in [0.3, 0.4) is 0 Å². The average molecular weight is 1310 g/mol. The molecule has 0 saturated heterocycles. The van der Waals surface area contributed by atoms with Crippen LogP contribution in [-0.4, -0.2) is 96.7 Å². The lowest BCUT2D eigenvalue weighted by Crippen LogP contribution is -2.30. The number of hydrogen-bond acceptors (Lipinski definition) is 15. The van der Waals surface area contributed by atoms with Gasteiger partial charge in [-0.25, -0.2) is 9.13 Å². The van der Waals surface area contributed by atoms with Gasteiger partial charge in [-0.15, -0.1) is 0 Å². The largest absolute Gasteiger partial charge is 0.472 e. The smallest absolute Gasteiger partial charge is 0.462 e. The molecule has 0 spiro atoms. The standard InChI is InChI=1S/C70H136O17P2/c1-8-10-11-12-13-29-37-44-51-67(72)80-58-66(87-70(75)54-47-40-33-32-35-42-49-62(5)6)60-85-89(78,79)83-56-64(71)55-82-88(76,77)84-59-65(57-81-68(73)52-45-38-30-25-22-18-19-23-27-34-41-48-61(3)4)86-69(74)53-46-39-31-26-21-17-15-14-16-20-24-28-36-43-50-63(7)9-2/h61-66,71H,8-60H2,1-7H3,(H,76,77)(H,78,79)/t63?,64-,65-,66-/m1/s1. The molecule has 0 aliphatic rings. The fraction of sp³-hybridized carbons (Fsp3) is 0.943. The lowest BCUT2D eigenvalue weighted by Gasteiger charge is -2.21. The second kappa shape index (κ2) is 61.0. The second-order valence-electron chi connectivity index (χ2n) is 26.5. The molecule has 0 heterocycles. The zero-order valence-corrected chi connectivity index (χ0v) is 59.7. The van der Waals surface area contributed by atoms with Crippen molar-refractivity contribution in [2.75, 3.05) is 39.6 Å². The zero-order valence-electron chi connectivity index (χ0n) is 57.9. The van der Waals surface area contributed by atoms with Gasteiger partial charge >= 0.3 is 39.5 Å². The normalized spacial score (nSPS) is 14.5. The number of phosphoric ester groups is 2. The number of carbonyl (C=O) groups excluding carboxylic acids is 4. The first-order chi connectivity index (χ1) is 42.8. The van der Waals surface area contributed by atoms with Crippen LogP contribution in [0.4, 0.5) is 0 Å². The molecular formula is C70H136O17P2. The number of aliphatic hydroxyl groups is 1. The van der Waals surface area contributed by atoms with Crippen LogP contribution in [0.15, 0.2) is 0 Å². The number of rotatable bonds is 68. The van der Waals surface area contributed by atoms with Gasteiger partial charge in [-0.2, -0.15) is 0 Å². The highest BCUT2D eigenvalue weighted by molar-refractivity contribution is 7.47. The molecule has 0 aliphatic heterocycles. The maximum atomic E-state index is 13.0. The van der Waals surface area contributed by atoms with E-state index in [1.807, 2.05) is 0 Å². The number of aliphatic hydroxyl groups excluding tert-OH is 1. The summed E-state index contributed by atoms with van der Waals surface area (Å²) in [5.74, 6) is 0.154. The van der Waals surface area contributed by atoms with Crippen LogP contribution in [0.1, 0.15) is 350 Å². The van der Waals surface area contributed by atoms with Crippen LogP contribution in [0.25, 0.3) is 0 Å². The predicted molar refractivity (Wildman–Crippen MR) is 358 cm³/mol. The van der Waals surface area contributed by atoms with Crippen molar-refractivity contribution < 1.29 is 80.2 Å². The molecule has 0 aromatic rings. The van der Waals surface area contributed by atoms with E-state index in [0.717, 1.165) is 108 Å². The van der Waals surface area contributed by atoms with Gasteiger partial charge < -0.3 is 33.8 Å². The third-order valence-corrected chi connectivity index (χ3v) is 18.4. The molecule has 3 unspecified atom stereocenters. The molecule has 3 N–H and O–H groups in total. The van der Waals surface area contributed by atoms with E-state index in [9.17, 15) is 43.2 Å². The summed E-state index contributed by atoms with van der Waals surface area (Å²) in [5.41, 5.74) is 0. The maximum absolute atomic E-state index is 13.0. The third-order valence-electron chi connectivity index (χ3n) is 16.5. The van der Waals surface area contributed by atoms with E-state index in [0.29, 0.717) is 31.6 Å². The van der Waals surface area contributed by atoms with Gasteiger partial charge in [-0.1, -0.05) is 299 Å². The third kappa shape index (κ3) is 63.2. The van der Waals surface area contributed by atoms with Crippen LogP contribution < -0.4 is 0 Å². The first kappa shape index (κ1) is 87.1. The molecule has 0 aromatic carbocycles. The monoisotopic (exact) mass is 1310 g/mol. The van der Waals surface area contributed by atoms with Gasteiger partial charge in [0.05, 0.1) is 26.4 Å². The molecular weight excluding hydrogens is 1170 g/mol. The van der Waals surface area contributed by atoms with E-state index in [-0.39, 0.29) is 25.7 Å². The van der Waals surface area contributed by atoms with Crippen LogP contribution >= 0.6 is 15.6 Å². The summed E-state index contributed by atoms with van der Waals surface area (Å²) in [4.78, 5) is 72.4. The molecule has 6 atom stereocenters. The van der Waals surface area contributed by atoms with E-state index in [4.69, 9.17) is 37.0 Å². The molecule has 0 radical (unpaired) electrons. The Morgan fingerprint density at radius 3 is 0.854 bits per heavy atom. The molecule has 17 nitrogen and oxygen atoms in total. The lowest BCUT2D eigenvalue weighted by atomic mass is 9.99. The van der Waals surface area contributed by atoms with Crippen molar-refractivity contribution in [2.24, 2.45) is 17.8 Å². The predicted octanol–water partition coefficient (Wildman–Crippen LogP) is 19.8. The zero-order chi connectivity index (χ0) is 65.9. The minimum Gasteiger partial charge on any atom is -0.462 e. The highest BCUT2D eigenvalue weighted by atomic mass is 31.2. The molecule has 0 amide bonds. The first-order valence-electron chi connectivity index (χ1n) is 36.4. The minimum absolute atomic E-state index is 0.102. The van der Waals surface area contributed by atoms with Crippen LogP contribution in [0, 0.1) is 17.8 Å². The molecule has 19 heteroatoms. The highest BCUT2D eigenvalue weighted by Crippen LogP contribution is 2.45. The van der Waals surface area contributed by atoms with Gasteiger partial charge in [-0.05, 0) is 43.4 Å². The summed E-state index contributed by atoms with van der Waals surface area (Å²) >= 11 is 0. The number of unbranched alkanes of at least 4 members (excludes halogenated alkanes) is 35. The Morgan fingerprint density at radius 2 is 0.573 bits per heavy atom. The lowest BCUT2D eigenvalue weighted by molar-refractivity contribution is -0.161. The molecule has 0 saturated carbocycles. The fourth-order valence-electron chi connectivity index (χ4n) is 10.5. The number of esters is 4. The Kier molecular flexibility index (Phi) is 59.6. The van der Waals surface area contributed by atoms with Crippen molar-refractivity contribution in [2.45, 2.75) is 369 Å². The average Bonchev–Trinajstić information content (AvgIpc) is 3.71. The molecule has 0 aliphatic carbocycles. The minimum atomic E-state index is -4.95. The molecule has 528 valence electrons. The second-order valence-corrected chi connectivity index (χ2v) is 29.4. The molecule has 0 aromatic heterocycles. The van der Waals surface area contributed by atoms with Crippen molar-refractivity contribution in [3.05, 3.63) is 0 Å². The van der Waals surface area contributed by atoms with Crippen molar-refractivity contribution in [3.8, 4) is 0 Å². The SMILES string of the molecule is CCCCCCCCCCC(=O)OC[C@H](COP(=O)(O)OC[C@H](O)COP(=O)(O)OC[C@@H](COC(=O)CCCCCCCCCCCCCC(C)C)OC(=O)CCCCCCCCCCCCCCCCC(C)CC)OC(=O)CCCCCCCCC(C)C. The maximum Gasteiger partial charge on any atom is 0.472 e. The number of ether oxygens (including phenoxy) is 4. The number of carbonyl (C=O) groups is 4. The summed E-state index contributed by atoms with van der Waals surface area (Å²) in [6.45, 7) is 11.8.